The van der Waals surface area contributed by atoms with E-state index in [0.717, 1.165) is 26.9 Å². The molecule has 1 aliphatic rings. The quantitative estimate of drug-likeness (QED) is 0.251. The van der Waals surface area contributed by atoms with E-state index >= 15 is 0 Å². The number of anilines is 3. The van der Waals surface area contributed by atoms with Gasteiger partial charge >= 0.3 is 0 Å². The number of nitrogens with zero attached hydrogens (tertiary/aromatic N) is 2. The molecule has 3 aromatic carbocycles. The Morgan fingerprint density at radius 1 is 0.947 bits per heavy atom. The molecule has 2 amide bonds. The topological polar surface area (TPSA) is 88.0 Å². The molecule has 0 saturated carbocycles. The van der Waals surface area contributed by atoms with Crippen molar-refractivity contribution >= 4 is 44.9 Å². The van der Waals surface area contributed by atoms with Gasteiger partial charge in [0.05, 0.1) is 11.8 Å². The molecule has 3 N–H and O–H groups in total. The average molecular weight is 574 g/mol. The molecule has 9 heteroatoms. The van der Waals surface area contributed by atoms with Gasteiger partial charge in [-0.05, 0) is 74.4 Å². The number of halogens is 2. The van der Waals surface area contributed by atoms with Gasteiger partial charge in [0.15, 0.2) is 0 Å². The molecule has 0 radical (unpaired) electrons. The van der Waals surface area contributed by atoms with Crippen molar-refractivity contribution in [3.8, 4) is 0 Å². The third-order valence-corrected chi connectivity index (χ3v) is 6.96. The molecular weight excluding hydrogens is 549 g/mol. The van der Waals surface area contributed by atoms with Gasteiger partial charge in [-0.2, -0.15) is 5.10 Å². The van der Waals surface area contributed by atoms with Crippen LogP contribution in [0.4, 0.5) is 21.6 Å². The van der Waals surface area contributed by atoms with Gasteiger partial charge in [-0.1, -0.05) is 45.8 Å². The molecule has 4 aromatic rings. The van der Waals surface area contributed by atoms with Crippen LogP contribution in [-0.2, 0) is 4.79 Å². The van der Waals surface area contributed by atoms with Gasteiger partial charge in [0, 0.05) is 21.5 Å². The number of benzene rings is 3. The smallest absolute Gasteiger partial charge is 0.261 e. The number of allylic oxidation sites excluding steroid dienone is 1. The van der Waals surface area contributed by atoms with E-state index in [1.165, 1.54) is 30.5 Å². The number of hydrogen-bond acceptors (Lipinski definition) is 4. The Kier molecular flexibility index (Phi) is 6.86. The summed E-state index contributed by atoms with van der Waals surface area (Å²) in [5.41, 5.74) is 5.45. The van der Waals surface area contributed by atoms with Gasteiger partial charge in [0.1, 0.15) is 23.2 Å². The van der Waals surface area contributed by atoms with Gasteiger partial charge < -0.3 is 16.0 Å². The highest BCUT2D eigenvalue weighted by Crippen LogP contribution is 2.38. The Balaban J connectivity index is 1.53. The fraction of sp³-hybridized carbons (Fsp3) is 0.138. The van der Waals surface area contributed by atoms with E-state index in [4.69, 9.17) is 0 Å². The molecule has 7 nitrogen and oxygen atoms in total. The lowest BCUT2D eigenvalue weighted by molar-refractivity contribution is -0.113. The molecule has 0 fully saturated rings. The molecule has 0 aliphatic carbocycles. The molecule has 0 bridgehead atoms. The fourth-order valence-electron chi connectivity index (χ4n) is 4.54. The van der Waals surface area contributed by atoms with Crippen molar-refractivity contribution in [3.63, 3.8) is 0 Å². The first-order valence-electron chi connectivity index (χ1n) is 12.0. The van der Waals surface area contributed by atoms with E-state index < -0.39 is 17.8 Å². The number of carbonyl (C=O) groups is 2. The summed E-state index contributed by atoms with van der Waals surface area (Å²) in [5, 5.41) is 13.6. The Morgan fingerprint density at radius 3 is 2.34 bits per heavy atom. The first-order chi connectivity index (χ1) is 18.2. The predicted molar refractivity (Wildman–Crippen MR) is 150 cm³/mol. The van der Waals surface area contributed by atoms with Crippen molar-refractivity contribution in [3.05, 3.63) is 117 Å². The summed E-state index contributed by atoms with van der Waals surface area (Å²) in [5.74, 6) is -0.611. The first kappa shape index (κ1) is 25.4. The van der Waals surface area contributed by atoms with E-state index in [-0.39, 0.29) is 5.91 Å². The maximum Gasteiger partial charge on any atom is 0.261 e. The number of amides is 2. The molecule has 5 rings (SSSR count). The summed E-state index contributed by atoms with van der Waals surface area (Å²) >= 11 is 3.47. The third kappa shape index (κ3) is 4.97. The maximum absolute atomic E-state index is 13.7. The van der Waals surface area contributed by atoms with E-state index in [0.29, 0.717) is 28.3 Å². The molecule has 1 atom stereocenters. The van der Waals surface area contributed by atoms with Crippen LogP contribution in [-0.4, -0.2) is 21.6 Å². The lowest BCUT2D eigenvalue weighted by Crippen LogP contribution is -2.32. The summed E-state index contributed by atoms with van der Waals surface area (Å²) in [4.78, 5) is 26.9. The van der Waals surface area contributed by atoms with Crippen LogP contribution in [0.5, 0.6) is 0 Å². The lowest BCUT2D eigenvalue weighted by Gasteiger charge is -2.30. The summed E-state index contributed by atoms with van der Waals surface area (Å²) in [6.07, 6.45) is 1.46. The van der Waals surface area contributed by atoms with Crippen LogP contribution < -0.4 is 16.0 Å². The van der Waals surface area contributed by atoms with E-state index in [9.17, 15) is 14.0 Å². The molecule has 192 valence electrons. The van der Waals surface area contributed by atoms with E-state index in [1.807, 2.05) is 56.3 Å². The van der Waals surface area contributed by atoms with E-state index in [1.54, 1.807) is 11.6 Å². The zero-order valence-corrected chi connectivity index (χ0v) is 22.6. The van der Waals surface area contributed by atoms with E-state index in [2.05, 4.69) is 37.0 Å². The number of nitrogens with one attached hydrogen (secondary N) is 3. The van der Waals surface area contributed by atoms with Gasteiger partial charge in [-0.3, -0.25) is 9.59 Å². The molecule has 0 unspecified atom stereocenters. The molecule has 1 aromatic heterocycles. The van der Waals surface area contributed by atoms with Gasteiger partial charge in [0.2, 0.25) is 0 Å². The molecule has 38 heavy (non-hydrogen) atoms. The molecule has 2 heterocycles. The molecular formula is C29H25BrFN5O2. The number of carbonyl (C=O) groups excluding carboxylic acids is 2. The predicted octanol–water partition coefficient (Wildman–Crippen LogP) is 6.58. The SMILES string of the molecule is CC1=C(C(=O)Nc2ccc(C)cc2C)[C@@H](c2ccc(Br)cc2)n2ncc(C(=O)Nc3ccc(F)cc3)c2N1. The number of aryl methyl sites for hydroxylation is 2. The molecule has 0 saturated heterocycles. The Morgan fingerprint density at radius 2 is 1.66 bits per heavy atom. The highest BCUT2D eigenvalue weighted by atomic mass is 79.9. The summed E-state index contributed by atoms with van der Waals surface area (Å²) in [6, 6.07) is 18.4. The monoisotopic (exact) mass is 573 g/mol. The van der Waals surface area contributed by atoms with Crippen LogP contribution in [0.3, 0.4) is 0 Å². The minimum atomic E-state index is -0.586. The second kappa shape index (κ2) is 10.3. The highest BCUT2D eigenvalue weighted by molar-refractivity contribution is 9.10. The first-order valence-corrected chi connectivity index (χ1v) is 12.8. The average Bonchev–Trinajstić information content (AvgIpc) is 3.30. The van der Waals surface area contributed by atoms with Crippen molar-refractivity contribution in [2.45, 2.75) is 26.8 Å². The fourth-order valence-corrected chi connectivity index (χ4v) is 4.81. The van der Waals surface area contributed by atoms with Crippen LogP contribution in [0, 0.1) is 19.7 Å². The number of aromatic nitrogens is 2. The Hall–Kier alpha value is -4.24. The van der Waals surface area contributed by atoms with Gasteiger partial charge in [-0.25, -0.2) is 9.07 Å². The Bertz CT molecular complexity index is 1580. The van der Waals surface area contributed by atoms with Crippen molar-refractivity contribution in [1.82, 2.24) is 9.78 Å². The molecule has 1 aliphatic heterocycles. The minimum absolute atomic E-state index is 0.270. The number of rotatable bonds is 5. The highest BCUT2D eigenvalue weighted by Gasteiger charge is 2.35. The summed E-state index contributed by atoms with van der Waals surface area (Å²) in [6.45, 7) is 5.76. The summed E-state index contributed by atoms with van der Waals surface area (Å²) in [7, 11) is 0. The largest absolute Gasteiger partial charge is 0.343 e. The normalized spacial score (nSPS) is 14.5. The lowest BCUT2D eigenvalue weighted by atomic mass is 9.94. The zero-order chi connectivity index (χ0) is 27.0. The minimum Gasteiger partial charge on any atom is -0.343 e. The maximum atomic E-state index is 13.7. The summed E-state index contributed by atoms with van der Waals surface area (Å²) < 4.78 is 15.8. The van der Waals surface area contributed by atoms with Crippen LogP contribution in [0.1, 0.15) is 40.0 Å². The number of hydrogen-bond donors (Lipinski definition) is 3. The van der Waals surface area contributed by atoms with Crippen LogP contribution in [0.2, 0.25) is 0 Å². The molecule has 0 spiro atoms. The number of fused-ring (bicyclic) bond motifs is 1. The van der Waals surface area contributed by atoms with Crippen molar-refractivity contribution in [2.75, 3.05) is 16.0 Å². The van der Waals surface area contributed by atoms with Crippen molar-refractivity contribution in [1.29, 1.82) is 0 Å². The Labute approximate surface area is 227 Å². The van der Waals surface area contributed by atoms with Crippen molar-refractivity contribution in [2.24, 2.45) is 0 Å². The van der Waals surface area contributed by atoms with Gasteiger partial charge in [-0.15, -0.1) is 0 Å². The van der Waals surface area contributed by atoms with Crippen LogP contribution in [0.25, 0.3) is 0 Å². The van der Waals surface area contributed by atoms with Gasteiger partial charge in [0.25, 0.3) is 11.8 Å². The van der Waals surface area contributed by atoms with Crippen LogP contribution in [0.15, 0.2) is 88.7 Å². The second-order valence-electron chi connectivity index (χ2n) is 9.20. The van der Waals surface area contributed by atoms with Crippen LogP contribution >= 0.6 is 15.9 Å². The zero-order valence-electron chi connectivity index (χ0n) is 21.0. The standard InChI is InChI=1S/C29H25BrFN5O2/c1-16-4-13-24(17(2)14-16)35-29(38)25-18(3)33-27-23(28(37)34-22-11-9-21(31)10-12-22)15-32-36(27)26(25)19-5-7-20(30)8-6-19/h4-15,26,33H,1-3H3,(H,34,37)(H,35,38)/t26-/m1/s1. The van der Waals surface area contributed by atoms with Crippen molar-refractivity contribution < 1.29 is 14.0 Å². The third-order valence-electron chi connectivity index (χ3n) is 6.43. The second-order valence-corrected chi connectivity index (χ2v) is 10.1.